The molecule has 0 bridgehead atoms. The molecule has 0 aromatic heterocycles. The van der Waals surface area contributed by atoms with Gasteiger partial charge >= 0.3 is 0 Å². The van der Waals surface area contributed by atoms with Crippen molar-refractivity contribution in [2.45, 2.75) is 26.7 Å². The van der Waals surface area contributed by atoms with Gasteiger partial charge in [-0.05, 0) is 20.3 Å². The van der Waals surface area contributed by atoms with E-state index < -0.39 is 11.8 Å². The highest BCUT2D eigenvalue weighted by Crippen LogP contribution is 2.08. The lowest BCUT2D eigenvalue weighted by molar-refractivity contribution is -0.128. The molecule has 4 heteroatoms. The van der Waals surface area contributed by atoms with E-state index in [2.05, 4.69) is 5.32 Å². The van der Waals surface area contributed by atoms with Gasteiger partial charge in [-0.25, -0.2) is 0 Å². The second-order valence-corrected chi connectivity index (χ2v) is 3.06. The number of primary amides is 1. The lowest BCUT2D eigenvalue weighted by Gasteiger charge is -2.10. The molecule has 0 aliphatic carbocycles. The summed E-state index contributed by atoms with van der Waals surface area (Å²) in [4.78, 5) is 22.1. The van der Waals surface area contributed by atoms with Crippen LogP contribution in [0.3, 0.4) is 0 Å². The van der Waals surface area contributed by atoms with Crippen LogP contribution in [0.15, 0.2) is 12.2 Å². The predicted molar refractivity (Wildman–Crippen MR) is 55.4 cm³/mol. The minimum absolute atomic E-state index is 0.124. The van der Waals surface area contributed by atoms with Crippen molar-refractivity contribution in [3.05, 3.63) is 12.2 Å². The maximum Gasteiger partial charge on any atom is 0.221 e. The number of nitrogens with one attached hydrogen (secondary N) is 1. The molecule has 14 heavy (non-hydrogen) atoms. The van der Waals surface area contributed by atoms with Crippen molar-refractivity contribution in [1.29, 1.82) is 0 Å². The smallest absolute Gasteiger partial charge is 0.221 e. The van der Waals surface area contributed by atoms with Gasteiger partial charge in [-0.3, -0.25) is 9.59 Å². The molecule has 0 aromatic carbocycles. The van der Waals surface area contributed by atoms with E-state index >= 15 is 0 Å². The van der Waals surface area contributed by atoms with Crippen LogP contribution in [0, 0.1) is 5.92 Å². The molecule has 0 rings (SSSR count). The Morgan fingerprint density at radius 3 is 2.57 bits per heavy atom. The van der Waals surface area contributed by atoms with Crippen LogP contribution in [0.5, 0.6) is 0 Å². The number of amides is 2. The third-order valence-electron chi connectivity index (χ3n) is 1.86. The molecule has 0 saturated heterocycles. The van der Waals surface area contributed by atoms with Crippen molar-refractivity contribution in [3.63, 3.8) is 0 Å². The Hall–Kier alpha value is -1.32. The predicted octanol–water partition coefficient (Wildman–Crippen LogP) is 0.580. The first-order valence-corrected chi connectivity index (χ1v) is 4.79. The van der Waals surface area contributed by atoms with E-state index in [1.165, 1.54) is 0 Å². The van der Waals surface area contributed by atoms with Gasteiger partial charge in [0.05, 0.1) is 0 Å². The zero-order valence-electron chi connectivity index (χ0n) is 8.75. The molecule has 0 aliphatic heterocycles. The van der Waals surface area contributed by atoms with Gasteiger partial charge in [0.25, 0.3) is 0 Å². The van der Waals surface area contributed by atoms with Crippen LogP contribution in [0.1, 0.15) is 26.7 Å². The third-order valence-corrected chi connectivity index (χ3v) is 1.86. The quantitative estimate of drug-likeness (QED) is 0.613. The Kier molecular flexibility index (Phi) is 6.45. The Labute approximate surface area is 84.5 Å². The summed E-state index contributed by atoms with van der Waals surface area (Å²) in [6.45, 7) is 4.28. The topological polar surface area (TPSA) is 72.2 Å². The van der Waals surface area contributed by atoms with Crippen LogP contribution in [-0.4, -0.2) is 18.4 Å². The van der Waals surface area contributed by atoms with Crippen LogP contribution in [0.4, 0.5) is 0 Å². The van der Waals surface area contributed by atoms with E-state index in [-0.39, 0.29) is 12.3 Å². The molecule has 0 fully saturated rings. The van der Waals surface area contributed by atoms with Crippen molar-refractivity contribution >= 4 is 11.8 Å². The van der Waals surface area contributed by atoms with Gasteiger partial charge in [-0.1, -0.05) is 12.2 Å². The van der Waals surface area contributed by atoms with E-state index in [1.807, 2.05) is 26.0 Å². The summed E-state index contributed by atoms with van der Waals surface area (Å²) in [6.07, 6.45) is 4.39. The summed E-state index contributed by atoms with van der Waals surface area (Å²) >= 11 is 0. The summed E-state index contributed by atoms with van der Waals surface area (Å²) < 4.78 is 0. The Morgan fingerprint density at radius 1 is 1.50 bits per heavy atom. The maximum atomic E-state index is 11.2. The molecule has 0 spiro atoms. The first-order chi connectivity index (χ1) is 6.61. The first-order valence-electron chi connectivity index (χ1n) is 4.79. The average Bonchev–Trinajstić information content (AvgIpc) is 2.12. The van der Waals surface area contributed by atoms with Crippen LogP contribution < -0.4 is 11.1 Å². The van der Waals surface area contributed by atoms with Gasteiger partial charge in [-0.2, -0.15) is 0 Å². The monoisotopic (exact) mass is 198 g/mol. The molecule has 0 heterocycles. The normalized spacial score (nSPS) is 12.7. The van der Waals surface area contributed by atoms with Crippen molar-refractivity contribution in [1.82, 2.24) is 5.32 Å². The van der Waals surface area contributed by atoms with Gasteiger partial charge < -0.3 is 11.1 Å². The molecule has 0 unspecified atom stereocenters. The largest absolute Gasteiger partial charge is 0.369 e. The Bertz CT molecular complexity index is 224. The first kappa shape index (κ1) is 12.7. The number of allylic oxidation sites excluding steroid dienone is 2. The zero-order valence-corrected chi connectivity index (χ0v) is 8.75. The fourth-order valence-electron chi connectivity index (χ4n) is 1.09. The van der Waals surface area contributed by atoms with Crippen LogP contribution in [0.2, 0.25) is 0 Å². The minimum atomic E-state index is -0.422. The number of hydrogen-bond donors (Lipinski definition) is 2. The van der Waals surface area contributed by atoms with Gasteiger partial charge in [0.1, 0.15) is 0 Å². The molecule has 4 nitrogen and oxygen atoms in total. The average molecular weight is 198 g/mol. The number of carbonyl (C=O) groups excluding carboxylic acids is 2. The van der Waals surface area contributed by atoms with Crippen LogP contribution >= 0.6 is 0 Å². The zero-order chi connectivity index (χ0) is 11.0. The second-order valence-electron chi connectivity index (χ2n) is 3.06. The number of hydrogen-bond acceptors (Lipinski definition) is 2. The van der Waals surface area contributed by atoms with Crippen molar-refractivity contribution in [3.8, 4) is 0 Å². The molecule has 0 saturated carbocycles. The van der Waals surface area contributed by atoms with E-state index in [1.54, 1.807) is 0 Å². The van der Waals surface area contributed by atoms with Crippen LogP contribution in [-0.2, 0) is 9.59 Å². The fourth-order valence-corrected chi connectivity index (χ4v) is 1.09. The summed E-state index contributed by atoms with van der Waals surface area (Å²) in [7, 11) is 0. The summed E-state index contributed by atoms with van der Waals surface area (Å²) in [6, 6.07) is 0. The highest BCUT2D eigenvalue weighted by atomic mass is 16.2. The van der Waals surface area contributed by atoms with E-state index in [0.29, 0.717) is 13.0 Å². The maximum absolute atomic E-state index is 11.2. The molecule has 0 radical (unpaired) electrons. The Morgan fingerprint density at radius 2 is 2.14 bits per heavy atom. The molecule has 80 valence electrons. The Balaban J connectivity index is 4.08. The number of nitrogens with two attached hydrogens (primary N) is 1. The fraction of sp³-hybridized carbons (Fsp3) is 0.600. The summed E-state index contributed by atoms with van der Waals surface area (Å²) in [5.74, 6) is -0.937. The molecule has 2 amide bonds. The summed E-state index contributed by atoms with van der Waals surface area (Å²) in [5, 5.41) is 2.64. The highest BCUT2D eigenvalue weighted by Gasteiger charge is 2.17. The number of carbonyl (C=O) groups is 2. The van der Waals surface area contributed by atoms with Crippen molar-refractivity contribution < 1.29 is 9.59 Å². The van der Waals surface area contributed by atoms with Gasteiger partial charge in [0.15, 0.2) is 0 Å². The van der Waals surface area contributed by atoms with Crippen molar-refractivity contribution in [2.75, 3.05) is 6.54 Å². The number of rotatable bonds is 6. The molecule has 0 aliphatic rings. The van der Waals surface area contributed by atoms with Gasteiger partial charge in [-0.15, -0.1) is 0 Å². The molecule has 0 aromatic rings. The third kappa shape index (κ3) is 5.35. The second kappa shape index (κ2) is 7.12. The van der Waals surface area contributed by atoms with Gasteiger partial charge in [0, 0.05) is 18.9 Å². The minimum Gasteiger partial charge on any atom is -0.369 e. The molecule has 1 atom stereocenters. The van der Waals surface area contributed by atoms with E-state index in [9.17, 15) is 9.59 Å². The standard InChI is InChI=1S/C10H18N2O2/c1-3-5-6-8(10(11)14)7-9(13)12-4-2/h3,5,8H,4,6-7H2,1-2H3,(H2,11,14)(H,12,13)/b5-3+/t8-/m0/s1. The van der Waals surface area contributed by atoms with Crippen LogP contribution in [0.25, 0.3) is 0 Å². The summed E-state index contributed by atoms with van der Waals surface area (Å²) in [5.41, 5.74) is 5.17. The molecular weight excluding hydrogens is 180 g/mol. The van der Waals surface area contributed by atoms with E-state index in [4.69, 9.17) is 5.73 Å². The van der Waals surface area contributed by atoms with Crippen molar-refractivity contribution in [2.24, 2.45) is 11.7 Å². The lowest BCUT2D eigenvalue weighted by Crippen LogP contribution is -2.31. The molecule has 3 N–H and O–H groups in total. The van der Waals surface area contributed by atoms with Gasteiger partial charge in [0.2, 0.25) is 11.8 Å². The molecular formula is C10H18N2O2. The lowest BCUT2D eigenvalue weighted by atomic mass is 10.00. The SMILES string of the molecule is C/C=C/C[C@@H](CC(=O)NCC)C(N)=O. The highest BCUT2D eigenvalue weighted by molar-refractivity contribution is 5.84. The van der Waals surface area contributed by atoms with E-state index in [0.717, 1.165) is 0 Å².